The fourth-order valence-electron chi connectivity index (χ4n) is 4.19. The number of nitrogens with one attached hydrogen (secondary N) is 2. The van der Waals surface area contributed by atoms with Gasteiger partial charge in [-0.2, -0.15) is 10.5 Å². The topological polar surface area (TPSA) is 161 Å². The highest BCUT2D eigenvalue weighted by Crippen LogP contribution is 2.41. The van der Waals surface area contributed by atoms with E-state index in [1.54, 1.807) is 0 Å². The molecule has 2 aliphatic rings. The number of pyridine rings is 1. The van der Waals surface area contributed by atoms with E-state index in [0.29, 0.717) is 18.0 Å². The Kier molecular flexibility index (Phi) is 5.97. The molecule has 2 aliphatic heterocycles. The Hall–Kier alpha value is -4.02. The molecule has 1 aromatic carbocycles. The van der Waals surface area contributed by atoms with E-state index >= 15 is 0 Å². The minimum atomic E-state index is -0.574. The van der Waals surface area contributed by atoms with Crippen LogP contribution in [0.5, 0.6) is 5.75 Å². The molecule has 164 valence electrons. The molecule has 1 unspecified atom stereocenters. The molecule has 0 aliphatic carbocycles. The van der Waals surface area contributed by atoms with Crippen molar-refractivity contribution in [3.63, 3.8) is 0 Å². The zero-order valence-electron chi connectivity index (χ0n) is 17.9. The van der Waals surface area contributed by atoms with Crippen LogP contribution in [0.25, 0.3) is 0 Å². The second kappa shape index (κ2) is 9.00. The van der Waals surface area contributed by atoms with Crippen molar-refractivity contribution < 1.29 is 4.74 Å². The number of guanidine groups is 1. The lowest BCUT2D eigenvalue weighted by molar-refractivity contribution is 0.304. The molecular weight excluding hydrogens is 406 g/mol. The summed E-state index contributed by atoms with van der Waals surface area (Å²) in [5, 5.41) is 24.1. The van der Waals surface area contributed by atoms with E-state index in [-0.39, 0.29) is 23.0 Å². The van der Waals surface area contributed by atoms with Crippen molar-refractivity contribution in [2.75, 3.05) is 36.5 Å². The lowest BCUT2D eigenvalue weighted by atomic mass is 9.93. The van der Waals surface area contributed by atoms with Crippen LogP contribution in [0.1, 0.15) is 48.1 Å². The standard InChI is InChI=1S/C22H25N9O/c1-2-32-16-6-5-13(9-14(16)11-31-7-3-4-8-31)19-17-18(25)15(10-23)20(26)29-21(17)30-22(28-19)27-12-24/h5-6,9,19H,2-4,7-8,11H2,1H3,(H6,25,26,27,28,29,30). The number of fused-ring (bicyclic) bond motifs is 1. The summed E-state index contributed by atoms with van der Waals surface area (Å²) < 4.78 is 5.87. The summed E-state index contributed by atoms with van der Waals surface area (Å²) in [6.45, 7) is 5.41. The molecule has 0 saturated carbocycles. The van der Waals surface area contributed by atoms with Crippen molar-refractivity contribution >= 4 is 23.3 Å². The predicted molar refractivity (Wildman–Crippen MR) is 122 cm³/mol. The molecule has 2 aromatic rings. The van der Waals surface area contributed by atoms with Gasteiger partial charge in [-0.25, -0.2) is 9.98 Å². The number of rotatable bonds is 5. The van der Waals surface area contributed by atoms with E-state index in [9.17, 15) is 5.26 Å². The molecule has 0 bridgehead atoms. The van der Waals surface area contributed by atoms with Crippen LogP contribution in [-0.2, 0) is 6.54 Å². The largest absolute Gasteiger partial charge is 0.494 e. The number of benzene rings is 1. The van der Waals surface area contributed by atoms with Gasteiger partial charge in [-0.15, -0.1) is 0 Å². The SMILES string of the molecule is CCOc1ccc(C2N=C(NC#N)Nc3nc(N)c(C#N)c(N)c32)cc1CN1CCCC1. The fourth-order valence-corrected chi connectivity index (χ4v) is 4.19. The Labute approximate surface area is 186 Å². The van der Waals surface area contributed by atoms with Crippen molar-refractivity contribution in [1.29, 1.82) is 10.5 Å². The van der Waals surface area contributed by atoms with Gasteiger partial charge in [0.2, 0.25) is 5.96 Å². The maximum absolute atomic E-state index is 9.51. The number of hydrogen-bond donors (Lipinski definition) is 4. The fraction of sp³-hybridized carbons (Fsp3) is 0.364. The molecule has 1 saturated heterocycles. The highest BCUT2D eigenvalue weighted by atomic mass is 16.5. The summed E-state index contributed by atoms with van der Waals surface area (Å²) >= 11 is 0. The van der Waals surface area contributed by atoms with Gasteiger partial charge >= 0.3 is 0 Å². The van der Waals surface area contributed by atoms with Crippen molar-refractivity contribution in [1.82, 2.24) is 15.2 Å². The Morgan fingerprint density at radius 2 is 2.06 bits per heavy atom. The van der Waals surface area contributed by atoms with E-state index in [4.69, 9.17) is 21.5 Å². The van der Waals surface area contributed by atoms with Gasteiger partial charge in [0.05, 0.1) is 12.3 Å². The third kappa shape index (κ3) is 3.96. The smallest absolute Gasteiger partial charge is 0.211 e. The molecule has 10 heteroatoms. The minimum absolute atomic E-state index is 0.0228. The molecule has 3 heterocycles. The molecular formula is C22H25N9O. The van der Waals surface area contributed by atoms with Crippen molar-refractivity contribution in [3.8, 4) is 18.0 Å². The van der Waals surface area contributed by atoms with Gasteiger partial charge in [0.1, 0.15) is 35.1 Å². The quantitative estimate of drug-likeness (QED) is 0.410. The number of aliphatic imine (C=N–C) groups is 1. The van der Waals surface area contributed by atoms with Crippen LogP contribution in [0.4, 0.5) is 17.3 Å². The summed E-state index contributed by atoms with van der Waals surface area (Å²) in [6.07, 6.45) is 4.25. The summed E-state index contributed by atoms with van der Waals surface area (Å²) in [6, 6.07) is 7.36. The summed E-state index contributed by atoms with van der Waals surface area (Å²) in [5.41, 5.74) is 15.1. The van der Waals surface area contributed by atoms with Gasteiger partial charge in [0.15, 0.2) is 6.19 Å². The lowest BCUT2D eigenvalue weighted by Crippen LogP contribution is -2.32. The van der Waals surface area contributed by atoms with E-state index < -0.39 is 6.04 Å². The number of likely N-dealkylation sites (tertiary alicyclic amines) is 1. The number of nitrogens with two attached hydrogens (primary N) is 2. The van der Waals surface area contributed by atoms with Crippen LogP contribution in [0.2, 0.25) is 0 Å². The number of nitrogens with zero attached hydrogens (tertiary/aromatic N) is 5. The Bertz CT molecular complexity index is 1140. The average molecular weight is 432 g/mol. The normalized spacial score (nSPS) is 17.5. The first kappa shape index (κ1) is 21.2. The van der Waals surface area contributed by atoms with E-state index in [1.165, 1.54) is 12.8 Å². The number of ether oxygens (including phenoxy) is 1. The molecule has 32 heavy (non-hydrogen) atoms. The molecule has 6 N–H and O–H groups in total. The van der Waals surface area contributed by atoms with Crippen LogP contribution >= 0.6 is 0 Å². The van der Waals surface area contributed by atoms with Crippen molar-refractivity contribution in [2.24, 2.45) is 4.99 Å². The maximum atomic E-state index is 9.51. The number of nitriles is 2. The Morgan fingerprint density at radius 3 is 2.75 bits per heavy atom. The summed E-state index contributed by atoms with van der Waals surface area (Å²) in [5.74, 6) is 1.45. The molecule has 1 fully saturated rings. The van der Waals surface area contributed by atoms with Crippen LogP contribution in [0, 0.1) is 22.8 Å². The van der Waals surface area contributed by atoms with E-state index in [0.717, 1.165) is 36.5 Å². The number of anilines is 3. The van der Waals surface area contributed by atoms with E-state index in [2.05, 4.69) is 31.6 Å². The molecule has 10 nitrogen and oxygen atoms in total. The van der Waals surface area contributed by atoms with Gasteiger partial charge < -0.3 is 21.5 Å². The number of hydrogen-bond acceptors (Lipinski definition) is 10. The zero-order chi connectivity index (χ0) is 22.7. The maximum Gasteiger partial charge on any atom is 0.211 e. The Balaban J connectivity index is 1.83. The van der Waals surface area contributed by atoms with Gasteiger partial charge in [0, 0.05) is 17.7 Å². The minimum Gasteiger partial charge on any atom is -0.494 e. The first-order valence-corrected chi connectivity index (χ1v) is 10.5. The second-order valence-electron chi connectivity index (χ2n) is 7.69. The molecule has 1 atom stereocenters. The third-order valence-corrected chi connectivity index (χ3v) is 5.65. The molecule has 0 radical (unpaired) electrons. The third-order valence-electron chi connectivity index (χ3n) is 5.65. The first-order chi connectivity index (χ1) is 15.5. The average Bonchev–Trinajstić information content (AvgIpc) is 3.28. The highest BCUT2D eigenvalue weighted by Gasteiger charge is 2.30. The van der Waals surface area contributed by atoms with Gasteiger partial charge in [-0.3, -0.25) is 10.2 Å². The lowest BCUT2D eigenvalue weighted by Gasteiger charge is -2.27. The predicted octanol–water partition coefficient (Wildman–Crippen LogP) is 2.05. The highest BCUT2D eigenvalue weighted by molar-refractivity contribution is 5.98. The van der Waals surface area contributed by atoms with Gasteiger partial charge in [0.25, 0.3) is 0 Å². The van der Waals surface area contributed by atoms with Crippen molar-refractivity contribution in [3.05, 3.63) is 40.5 Å². The van der Waals surface area contributed by atoms with Crippen molar-refractivity contribution in [2.45, 2.75) is 32.4 Å². The van der Waals surface area contributed by atoms with Gasteiger partial charge in [-0.1, -0.05) is 6.07 Å². The summed E-state index contributed by atoms with van der Waals surface area (Å²) in [7, 11) is 0. The second-order valence-corrected chi connectivity index (χ2v) is 7.69. The monoisotopic (exact) mass is 431 g/mol. The van der Waals surface area contributed by atoms with Crippen LogP contribution in [-0.4, -0.2) is 35.5 Å². The molecule has 0 amide bonds. The first-order valence-electron chi connectivity index (χ1n) is 10.5. The summed E-state index contributed by atoms with van der Waals surface area (Å²) in [4.78, 5) is 11.3. The molecule has 0 spiro atoms. The van der Waals surface area contributed by atoms with Crippen LogP contribution in [0.15, 0.2) is 23.2 Å². The van der Waals surface area contributed by atoms with Crippen LogP contribution in [0.3, 0.4) is 0 Å². The number of nitrogen functional groups attached to an aromatic ring is 2. The van der Waals surface area contributed by atoms with Crippen LogP contribution < -0.4 is 26.8 Å². The van der Waals surface area contributed by atoms with E-state index in [1.807, 2.05) is 31.3 Å². The Morgan fingerprint density at radius 1 is 1.28 bits per heavy atom. The van der Waals surface area contributed by atoms with Gasteiger partial charge in [-0.05, 0) is 50.6 Å². The number of aromatic nitrogens is 1. The molecule has 4 rings (SSSR count). The zero-order valence-corrected chi connectivity index (χ0v) is 17.9. The molecule has 1 aromatic heterocycles.